The molecule has 0 atom stereocenters. The van der Waals surface area contributed by atoms with E-state index in [9.17, 15) is 4.79 Å². The summed E-state index contributed by atoms with van der Waals surface area (Å²) in [5.74, 6) is 0.768. The second-order valence-electron chi connectivity index (χ2n) is 7.32. The zero-order chi connectivity index (χ0) is 19.5. The van der Waals surface area contributed by atoms with Crippen molar-refractivity contribution in [1.82, 2.24) is 4.90 Å². The van der Waals surface area contributed by atoms with E-state index in [0.29, 0.717) is 36.3 Å². The minimum atomic E-state index is -0.0215. The molecule has 1 aromatic heterocycles. The first-order chi connectivity index (χ1) is 13.6. The SMILES string of the molecule is CC(C)Oc1ccc2c(=O)c(-c3ccccc3)coc2c1CN1CCOCC1.Cl.O. The summed E-state index contributed by atoms with van der Waals surface area (Å²) in [4.78, 5) is 15.5. The van der Waals surface area contributed by atoms with E-state index in [1.807, 2.05) is 56.3 Å². The zero-order valence-corrected chi connectivity index (χ0v) is 18.0. The maximum atomic E-state index is 13.2. The monoisotopic (exact) mass is 433 g/mol. The van der Waals surface area contributed by atoms with Gasteiger partial charge in [0.25, 0.3) is 0 Å². The first-order valence-corrected chi connectivity index (χ1v) is 9.73. The molecule has 3 aromatic rings. The molecular weight excluding hydrogens is 406 g/mol. The van der Waals surface area contributed by atoms with Crippen LogP contribution in [0.1, 0.15) is 19.4 Å². The molecule has 2 N–H and O–H groups in total. The highest BCUT2D eigenvalue weighted by molar-refractivity contribution is 5.86. The van der Waals surface area contributed by atoms with Crippen molar-refractivity contribution in [1.29, 1.82) is 0 Å². The minimum Gasteiger partial charge on any atom is -0.491 e. The van der Waals surface area contributed by atoms with Gasteiger partial charge in [0.2, 0.25) is 5.43 Å². The molecule has 4 rings (SSSR count). The van der Waals surface area contributed by atoms with E-state index in [0.717, 1.165) is 30.0 Å². The molecule has 0 unspecified atom stereocenters. The van der Waals surface area contributed by atoms with E-state index in [1.165, 1.54) is 0 Å². The second kappa shape index (κ2) is 10.6. The summed E-state index contributed by atoms with van der Waals surface area (Å²) >= 11 is 0. The third-order valence-corrected chi connectivity index (χ3v) is 4.93. The van der Waals surface area contributed by atoms with Crippen molar-refractivity contribution in [2.75, 3.05) is 26.3 Å². The van der Waals surface area contributed by atoms with Crippen LogP contribution in [0.4, 0.5) is 0 Å². The third-order valence-electron chi connectivity index (χ3n) is 4.93. The molecule has 30 heavy (non-hydrogen) atoms. The van der Waals surface area contributed by atoms with Gasteiger partial charge in [0.1, 0.15) is 17.6 Å². The smallest absolute Gasteiger partial charge is 0.200 e. The maximum Gasteiger partial charge on any atom is 0.200 e. The molecule has 1 aliphatic rings. The van der Waals surface area contributed by atoms with Crippen LogP contribution >= 0.6 is 12.4 Å². The second-order valence-corrected chi connectivity index (χ2v) is 7.32. The average Bonchev–Trinajstić information content (AvgIpc) is 2.71. The standard InChI is InChI=1S/C23H25NO4.ClH.H2O/c1-16(2)28-21-9-8-18-22(25)20(17-6-4-3-5-7-17)15-27-23(18)19(21)14-24-10-12-26-13-11-24;;/h3-9,15-16H,10-14H2,1-2H3;1H;1H2. The number of ether oxygens (including phenoxy) is 2. The first kappa shape index (κ1) is 23.9. The molecule has 0 radical (unpaired) electrons. The Kier molecular flexibility index (Phi) is 8.43. The molecule has 1 saturated heterocycles. The zero-order valence-electron chi connectivity index (χ0n) is 17.2. The maximum absolute atomic E-state index is 13.2. The molecule has 0 aliphatic carbocycles. The molecule has 0 amide bonds. The van der Waals surface area contributed by atoms with Crippen LogP contribution in [0.3, 0.4) is 0 Å². The van der Waals surface area contributed by atoms with Crippen LogP contribution in [0, 0.1) is 0 Å². The van der Waals surface area contributed by atoms with Gasteiger partial charge >= 0.3 is 0 Å². The minimum absolute atomic E-state index is 0. The summed E-state index contributed by atoms with van der Waals surface area (Å²) in [6.07, 6.45) is 1.61. The quantitative estimate of drug-likeness (QED) is 0.612. The van der Waals surface area contributed by atoms with E-state index in [4.69, 9.17) is 13.9 Å². The topological polar surface area (TPSA) is 83.4 Å². The lowest BCUT2D eigenvalue weighted by molar-refractivity contribution is 0.0337. The van der Waals surface area contributed by atoms with Gasteiger partial charge in [0.15, 0.2) is 0 Å². The van der Waals surface area contributed by atoms with Crippen molar-refractivity contribution in [3.63, 3.8) is 0 Å². The van der Waals surface area contributed by atoms with Crippen molar-refractivity contribution in [3.8, 4) is 16.9 Å². The van der Waals surface area contributed by atoms with Gasteiger partial charge in [0.05, 0.1) is 35.8 Å². The summed E-state index contributed by atoms with van der Waals surface area (Å²) in [5.41, 5.74) is 2.93. The summed E-state index contributed by atoms with van der Waals surface area (Å²) in [7, 11) is 0. The Morgan fingerprint density at radius 3 is 2.43 bits per heavy atom. The van der Waals surface area contributed by atoms with Crippen molar-refractivity contribution in [3.05, 3.63) is 64.5 Å². The number of halogens is 1. The van der Waals surface area contributed by atoms with Gasteiger partial charge in [0, 0.05) is 19.6 Å². The first-order valence-electron chi connectivity index (χ1n) is 9.73. The van der Waals surface area contributed by atoms with Gasteiger partial charge in [-0.15, -0.1) is 12.4 Å². The van der Waals surface area contributed by atoms with Gasteiger partial charge in [-0.05, 0) is 31.5 Å². The summed E-state index contributed by atoms with van der Waals surface area (Å²) in [5, 5.41) is 0.584. The van der Waals surface area contributed by atoms with Crippen LogP contribution in [0.5, 0.6) is 5.75 Å². The molecule has 0 bridgehead atoms. The number of hydrogen-bond acceptors (Lipinski definition) is 5. The molecule has 1 aliphatic heterocycles. The lowest BCUT2D eigenvalue weighted by atomic mass is 10.0. The largest absolute Gasteiger partial charge is 0.491 e. The number of nitrogens with zero attached hydrogens (tertiary/aromatic N) is 1. The van der Waals surface area contributed by atoms with Crippen molar-refractivity contribution >= 4 is 23.4 Å². The number of rotatable bonds is 5. The Balaban J connectivity index is 0.00000160. The van der Waals surface area contributed by atoms with E-state index in [-0.39, 0.29) is 29.4 Å². The van der Waals surface area contributed by atoms with Crippen molar-refractivity contribution < 1.29 is 19.4 Å². The number of benzene rings is 2. The molecule has 6 nitrogen and oxygen atoms in total. The highest BCUT2D eigenvalue weighted by Gasteiger charge is 2.20. The summed E-state index contributed by atoms with van der Waals surface area (Å²) in [6.45, 7) is 7.79. The molecule has 0 spiro atoms. The van der Waals surface area contributed by atoms with E-state index < -0.39 is 0 Å². The molecule has 2 aromatic carbocycles. The molecule has 1 fully saturated rings. The fourth-order valence-electron chi connectivity index (χ4n) is 3.55. The highest BCUT2D eigenvalue weighted by atomic mass is 35.5. The van der Waals surface area contributed by atoms with Crippen LogP contribution in [0.25, 0.3) is 22.1 Å². The van der Waals surface area contributed by atoms with Gasteiger partial charge < -0.3 is 19.4 Å². The molecular formula is C23H28ClNO5. The highest BCUT2D eigenvalue weighted by Crippen LogP contribution is 2.31. The third kappa shape index (κ3) is 5.02. The Morgan fingerprint density at radius 2 is 1.77 bits per heavy atom. The predicted molar refractivity (Wildman–Crippen MR) is 121 cm³/mol. The lowest BCUT2D eigenvalue weighted by Crippen LogP contribution is -2.35. The van der Waals surface area contributed by atoms with Crippen molar-refractivity contribution in [2.24, 2.45) is 0 Å². The fraction of sp³-hybridized carbons (Fsp3) is 0.348. The van der Waals surface area contributed by atoms with Gasteiger partial charge in [-0.1, -0.05) is 30.3 Å². The fourth-order valence-corrected chi connectivity index (χ4v) is 3.55. The lowest BCUT2D eigenvalue weighted by Gasteiger charge is -2.27. The normalized spacial score (nSPS) is 14.2. The summed E-state index contributed by atoms with van der Waals surface area (Å²) < 4.78 is 17.5. The van der Waals surface area contributed by atoms with Crippen LogP contribution in [-0.4, -0.2) is 42.8 Å². The molecule has 0 saturated carbocycles. The van der Waals surface area contributed by atoms with E-state index in [2.05, 4.69) is 4.90 Å². The Bertz CT molecular complexity index is 1010. The average molecular weight is 434 g/mol. The number of hydrogen-bond donors (Lipinski definition) is 0. The van der Waals surface area contributed by atoms with E-state index in [1.54, 1.807) is 6.26 Å². The molecule has 2 heterocycles. The van der Waals surface area contributed by atoms with Crippen LogP contribution < -0.4 is 10.2 Å². The molecule has 162 valence electrons. The Morgan fingerprint density at radius 1 is 1.07 bits per heavy atom. The molecule has 7 heteroatoms. The van der Waals surface area contributed by atoms with Crippen LogP contribution in [0.2, 0.25) is 0 Å². The van der Waals surface area contributed by atoms with Crippen LogP contribution in [-0.2, 0) is 11.3 Å². The number of morpholine rings is 1. The Hall–Kier alpha value is -2.38. The number of fused-ring (bicyclic) bond motifs is 1. The van der Waals surface area contributed by atoms with Gasteiger partial charge in [-0.25, -0.2) is 0 Å². The van der Waals surface area contributed by atoms with Crippen molar-refractivity contribution in [2.45, 2.75) is 26.5 Å². The van der Waals surface area contributed by atoms with Gasteiger partial charge in [-0.2, -0.15) is 0 Å². The Labute approximate surface area is 182 Å². The van der Waals surface area contributed by atoms with Crippen LogP contribution in [0.15, 0.2) is 57.9 Å². The predicted octanol–water partition coefficient (Wildman–Crippen LogP) is 3.68. The summed E-state index contributed by atoms with van der Waals surface area (Å²) in [6, 6.07) is 13.3. The van der Waals surface area contributed by atoms with E-state index >= 15 is 0 Å². The van der Waals surface area contributed by atoms with Gasteiger partial charge in [-0.3, -0.25) is 9.69 Å².